The number of ether oxygens (including phenoxy) is 1. The van der Waals surface area contributed by atoms with Gasteiger partial charge in [-0.25, -0.2) is 4.39 Å². The van der Waals surface area contributed by atoms with Crippen molar-refractivity contribution >= 4 is 17.1 Å². The summed E-state index contributed by atoms with van der Waals surface area (Å²) < 4.78 is 18.4. The summed E-state index contributed by atoms with van der Waals surface area (Å²) in [5, 5.41) is 0. The Kier molecular flexibility index (Phi) is 8.24. The van der Waals surface area contributed by atoms with Gasteiger partial charge >= 0.3 is 0 Å². The van der Waals surface area contributed by atoms with Crippen LogP contribution in [0.15, 0.2) is 101 Å². The molecule has 4 aliphatic rings. The predicted molar refractivity (Wildman–Crippen MR) is 169 cm³/mol. The fourth-order valence-corrected chi connectivity index (χ4v) is 7.08. The quantitative estimate of drug-likeness (QED) is 0.286. The molecule has 42 heavy (non-hydrogen) atoms. The third-order valence-electron chi connectivity index (χ3n) is 9.25. The number of carbonyl (C=O) groups excluding carboxylic acids is 1. The zero-order valence-electron chi connectivity index (χ0n) is 24.9. The third-order valence-corrected chi connectivity index (χ3v) is 9.25. The van der Waals surface area contributed by atoms with Crippen molar-refractivity contribution in [1.82, 2.24) is 0 Å². The van der Waals surface area contributed by atoms with Crippen LogP contribution in [0.1, 0.15) is 73.0 Å². The number of rotatable bonds is 9. The fraction of sp³-hybridized carbons (Fsp3) is 0.368. The monoisotopic (exact) mass is 561 g/mol. The largest absolute Gasteiger partial charge is 0.461 e. The summed E-state index contributed by atoms with van der Waals surface area (Å²) in [6.07, 6.45) is 20.3. The first-order valence-electron chi connectivity index (χ1n) is 15.4. The molecule has 0 bridgehead atoms. The highest BCUT2D eigenvalue weighted by Gasteiger charge is 2.30. The number of hydrogen-bond donors (Lipinski definition) is 0. The Morgan fingerprint density at radius 3 is 2.52 bits per heavy atom. The molecule has 0 aromatic heterocycles. The lowest BCUT2D eigenvalue weighted by molar-refractivity contribution is 0.0857. The molecule has 0 N–H and O–H groups in total. The molecule has 0 radical (unpaired) electrons. The van der Waals surface area contributed by atoms with Crippen LogP contribution in [0.2, 0.25) is 0 Å². The van der Waals surface area contributed by atoms with E-state index in [4.69, 9.17) is 9.73 Å². The van der Waals surface area contributed by atoms with Crippen molar-refractivity contribution in [2.24, 2.45) is 28.7 Å². The van der Waals surface area contributed by atoms with Crippen molar-refractivity contribution in [2.75, 3.05) is 0 Å². The highest BCUT2D eigenvalue weighted by molar-refractivity contribution is 6.13. The number of alkyl halides is 1. The maximum Gasteiger partial charge on any atom is 0.235 e. The average Bonchev–Trinajstić information content (AvgIpc) is 3.60. The van der Waals surface area contributed by atoms with Gasteiger partial charge in [0.1, 0.15) is 5.75 Å². The lowest BCUT2D eigenvalue weighted by Gasteiger charge is -2.29. The van der Waals surface area contributed by atoms with E-state index in [1.165, 1.54) is 30.1 Å². The van der Waals surface area contributed by atoms with Crippen LogP contribution in [-0.2, 0) is 6.42 Å². The van der Waals surface area contributed by atoms with Gasteiger partial charge < -0.3 is 4.74 Å². The van der Waals surface area contributed by atoms with Crippen LogP contribution >= 0.6 is 0 Å². The molecule has 2 aromatic carbocycles. The molecule has 3 unspecified atom stereocenters. The summed E-state index contributed by atoms with van der Waals surface area (Å²) >= 11 is 0. The van der Waals surface area contributed by atoms with Gasteiger partial charge in [0.15, 0.2) is 5.78 Å². The predicted octanol–water partition coefficient (Wildman–Crippen LogP) is 9.35. The van der Waals surface area contributed by atoms with Crippen LogP contribution in [0, 0.1) is 30.6 Å². The van der Waals surface area contributed by atoms with Crippen LogP contribution in [-0.4, -0.2) is 17.9 Å². The minimum absolute atomic E-state index is 0.0960. The van der Waals surface area contributed by atoms with Gasteiger partial charge in [0.05, 0.1) is 5.71 Å². The average molecular weight is 562 g/mol. The molecule has 216 valence electrons. The normalized spacial score (nSPS) is 25.3. The summed E-state index contributed by atoms with van der Waals surface area (Å²) in [5.41, 5.74) is 8.96. The molecule has 2 aromatic rings. The molecule has 1 fully saturated rings. The lowest BCUT2D eigenvalue weighted by atomic mass is 9.75. The van der Waals surface area contributed by atoms with Gasteiger partial charge in [-0.2, -0.15) is 0 Å². The maximum absolute atomic E-state index is 13.5. The van der Waals surface area contributed by atoms with Crippen molar-refractivity contribution < 1.29 is 13.9 Å². The van der Waals surface area contributed by atoms with Gasteiger partial charge in [-0.3, -0.25) is 9.79 Å². The summed E-state index contributed by atoms with van der Waals surface area (Å²) in [5.74, 6) is 2.39. The first kappa shape index (κ1) is 28.3. The lowest BCUT2D eigenvalue weighted by Crippen LogP contribution is -2.23. The van der Waals surface area contributed by atoms with E-state index in [0.29, 0.717) is 17.5 Å². The number of nitrogens with zero attached hydrogens (tertiary/aromatic N) is 1. The number of ketones is 1. The van der Waals surface area contributed by atoms with Gasteiger partial charge in [-0.15, -0.1) is 0 Å². The zero-order valence-corrected chi connectivity index (χ0v) is 24.9. The number of halogens is 1. The summed E-state index contributed by atoms with van der Waals surface area (Å²) in [6.45, 7) is 5.62. The van der Waals surface area contributed by atoms with E-state index in [1.54, 1.807) is 12.1 Å². The maximum atomic E-state index is 13.5. The van der Waals surface area contributed by atoms with E-state index in [1.807, 2.05) is 18.3 Å². The molecule has 1 aliphatic heterocycles. The van der Waals surface area contributed by atoms with Crippen molar-refractivity contribution in [3.05, 3.63) is 119 Å². The van der Waals surface area contributed by atoms with Crippen LogP contribution in [0.5, 0.6) is 5.75 Å². The van der Waals surface area contributed by atoms with Crippen molar-refractivity contribution in [1.29, 1.82) is 0 Å². The Morgan fingerprint density at radius 2 is 1.83 bits per heavy atom. The summed E-state index contributed by atoms with van der Waals surface area (Å²) in [6, 6.07) is 13.9. The van der Waals surface area contributed by atoms with Gasteiger partial charge in [-0.1, -0.05) is 72.4 Å². The topological polar surface area (TPSA) is 38.7 Å². The van der Waals surface area contributed by atoms with Crippen LogP contribution in [0.25, 0.3) is 5.57 Å². The van der Waals surface area contributed by atoms with E-state index in [-0.39, 0.29) is 11.8 Å². The van der Waals surface area contributed by atoms with E-state index in [0.717, 1.165) is 66.0 Å². The Labute approximate surface area is 249 Å². The number of benzene rings is 2. The molecule has 0 spiro atoms. The summed E-state index contributed by atoms with van der Waals surface area (Å²) in [7, 11) is 0. The zero-order chi connectivity index (χ0) is 29.2. The molecular weight excluding hydrogens is 521 g/mol. The minimum atomic E-state index is -1.34. The number of Topliss-reactive ketones (excluding diaryl/α,β-unsaturated/α-hetero) is 1. The third kappa shape index (κ3) is 6.18. The number of allylic oxidation sites excluding steroid dienone is 9. The number of hydrogen-bond acceptors (Lipinski definition) is 3. The van der Waals surface area contributed by atoms with Crippen molar-refractivity contribution in [3.8, 4) is 5.75 Å². The number of carbonyl (C=O) groups is 1. The fourth-order valence-electron chi connectivity index (χ4n) is 7.08. The SMILES string of the molecule is CC1=CC(CC2CCC(C(=O)c3ccc(CC4=CC=CC5C(c6ccc(OC(C)F)cc6)=CN=C45)cc3C)CC2)C=C1. The van der Waals surface area contributed by atoms with E-state index >= 15 is 0 Å². The molecule has 1 heterocycles. The van der Waals surface area contributed by atoms with Crippen LogP contribution < -0.4 is 4.74 Å². The van der Waals surface area contributed by atoms with Crippen LogP contribution in [0.4, 0.5) is 4.39 Å². The van der Waals surface area contributed by atoms with Crippen LogP contribution in [0.3, 0.4) is 0 Å². The Morgan fingerprint density at radius 1 is 1.05 bits per heavy atom. The second kappa shape index (κ2) is 12.2. The van der Waals surface area contributed by atoms with E-state index in [9.17, 15) is 9.18 Å². The Bertz CT molecular complexity index is 1530. The Balaban J connectivity index is 1.06. The molecule has 3 nitrogen and oxygen atoms in total. The van der Waals surface area contributed by atoms with Gasteiger partial charge in [-0.05, 0) is 104 Å². The molecular formula is C38H40FNO2. The van der Waals surface area contributed by atoms with Gasteiger partial charge in [0.25, 0.3) is 0 Å². The molecule has 3 atom stereocenters. The molecule has 1 saturated carbocycles. The van der Waals surface area contributed by atoms with Crippen molar-refractivity contribution in [2.45, 2.75) is 65.7 Å². The molecule has 0 amide bonds. The second-order valence-electron chi connectivity index (χ2n) is 12.4. The molecule has 4 heteroatoms. The number of aryl methyl sites for hydroxylation is 1. The Hall–Kier alpha value is -3.79. The standard InChI is InChI=1S/C38H40FNO2/c1-24-7-8-28(19-24)21-27-9-12-31(13-10-27)38(41)34-18-11-29(20-25(34)2)22-32-5-4-6-35-36(23-40-37(32)35)30-14-16-33(17-15-30)42-26(3)39/h4-8,11,14-20,23,26-28,31,35H,9-10,12-13,21-22H2,1-3H3. The van der Waals surface area contributed by atoms with E-state index in [2.05, 4.69) is 68.5 Å². The highest BCUT2D eigenvalue weighted by atomic mass is 19.1. The number of fused-ring (bicyclic) bond motifs is 1. The minimum Gasteiger partial charge on any atom is -0.461 e. The van der Waals surface area contributed by atoms with Gasteiger partial charge in [0, 0.05) is 30.5 Å². The second-order valence-corrected chi connectivity index (χ2v) is 12.4. The molecule has 6 rings (SSSR count). The van der Waals surface area contributed by atoms with Gasteiger partial charge in [0.2, 0.25) is 6.36 Å². The first-order valence-corrected chi connectivity index (χ1v) is 15.4. The molecule has 0 saturated heterocycles. The smallest absolute Gasteiger partial charge is 0.235 e. The van der Waals surface area contributed by atoms with E-state index < -0.39 is 6.36 Å². The van der Waals surface area contributed by atoms with Crippen molar-refractivity contribution in [3.63, 3.8) is 0 Å². The highest BCUT2D eigenvalue weighted by Crippen LogP contribution is 2.38. The molecule has 3 aliphatic carbocycles. The first-order chi connectivity index (χ1) is 20.3. The summed E-state index contributed by atoms with van der Waals surface area (Å²) in [4.78, 5) is 18.3. The number of aliphatic imine (C=N–C) groups is 1.